The van der Waals surface area contributed by atoms with Crippen molar-refractivity contribution in [3.05, 3.63) is 17.7 Å². The average Bonchev–Trinajstić information content (AvgIpc) is 2.85. The van der Waals surface area contributed by atoms with Crippen LogP contribution in [0.4, 0.5) is 0 Å². The summed E-state index contributed by atoms with van der Waals surface area (Å²) < 4.78 is 0. The van der Waals surface area contributed by atoms with Gasteiger partial charge in [0.25, 0.3) is 0 Å². The first-order valence-corrected chi connectivity index (χ1v) is 6.80. The lowest BCUT2D eigenvalue weighted by molar-refractivity contribution is -0.137. The molecule has 2 N–H and O–H groups in total. The molecule has 0 aliphatic carbocycles. The number of hydrogen-bond acceptors (Lipinski definition) is 3. The van der Waals surface area contributed by atoms with Crippen LogP contribution in [0.25, 0.3) is 0 Å². The zero-order valence-corrected chi connectivity index (χ0v) is 10.8. The number of hydrogen-bond donors (Lipinski definition) is 2. The van der Waals surface area contributed by atoms with Crippen molar-refractivity contribution in [1.82, 2.24) is 20.2 Å². The third kappa shape index (κ3) is 2.03. The van der Waals surface area contributed by atoms with Crippen molar-refractivity contribution in [2.24, 2.45) is 0 Å². The van der Waals surface area contributed by atoms with Crippen LogP contribution in [0.3, 0.4) is 0 Å². The summed E-state index contributed by atoms with van der Waals surface area (Å²) in [6, 6.07) is 0.287. The van der Waals surface area contributed by atoms with Crippen molar-refractivity contribution < 1.29 is 4.79 Å². The van der Waals surface area contributed by atoms with E-state index in [1.54, 1.807) is 6.33 Å². The number of piperidine rings is 1. The van der Waals surface area contributed by atoms with E-state index in [9.17, 15) is 4.79 Å². The molecular weight excluding hydrogens is 228 g/mol. The van der Waals surface area contributed by atoms with Gasteiger partial charge in [-0.3, -0.25) is 10.1 Å². The minimum atomic E-state index is -0.0960. The van der Waals surface area contributed by atoms with Crippen molar-refractivity contribution >= 4 is 5.91 Å². The summed E-state index contributed by atoms with van der Waals surface area (Å²) in [5.41, 5.74) is 2.16. The molecule has 5 heteroatoms. The lowest BCUT2D eigenvalue weighted by atomic mass is 9.99. The maximum absolute atomic E-state index is 12.5. The standard InChI is InChI=1S/C13H20N4O/c1-9-4-2-3-5-17(9)13(18)11-6-10-12(7-14-11)16-8-15-10/h8-9,11,14H,2-7H2,1H3,(H,15,16). The number of nitrogens with one attached hydrogen (secondary N) is 2. The van der Waals surface area contributed by atoms with Crippen LogP contribution in [-0.4, -0.2) is 39.4 Å². The van der Waals surface area contributed by atoms with E-state index in [1.165, 1.54) is 6.42 Å². The molecular formula is C13H20N4O. The Balaban J connectivity index is 1.70. The SMILES string of the molecule is CC1CCCCN1C(=O)C1Cc2nc[nH]c2CN1. The fraction of sp³-hybridized carbons (Fsp3) is 0.692. The summed E-state index contributed by atoms with van der Waals surface area (Å²) in [5, 5.41) is 3.32. The molecule has 5 nitrogen and oxygen atoms in total. The molecule has 1 aromatic heterocycles. The molecule has 3 heterocycles. The number of carbonyl (C=O) groups is 1. The van der Waals surface area contributed by atoms with Crippen LogP contribution >= 0.6 is 0 Å². The smallest absolute Gasteiger partial charge is 0.240 e. The molecule has 98 valence electrons. The second kappa shape index (κ2) is 4.72. The van der Waals surface area contributed by atoms with Crippen LogP contribution in [0.5, 0.6) is 0 Å². The average molecular weight is 248 g/mol. The Labute approximate surface area is 107 Å². The summed E-state index contributed by atoms with van der Waals surface area (Å²) in [6.45, 7) is 3.78. The maximum atomic E-state index is 12.5. The molecule has 2 atom stereocenters. The van der Waals surface area contributed by atoms with Crippen molar-refractivity contribution in [2.75, 3.05) is 6.54 Å². The number of carbonyl (C=O) groups excluding carboxylic acids is 1. The number of imidazole rings is 1. The highest BCUT2D eigenvalue weighted by molar-refractivity contribution is 5.82. The first-order valence-electron chi connectivity index (χ1n) is 6.80. The quantitative estimate of drug-likeness (QED) is 0.773. The number of nitrogens with zero attached hydrogens (tertiary/aromatic N) is 2. The van der Waals surface area contributed by atoms with Crippen molar-refractivity contribution in [2.45, 2.75) is 51.2 Å². The van der Waals surface area contributed by atoms with E-state index in [2.05, 4.69) is 22.2 Å². The molecule has 1 amide bonds. The van der Waals surface area contributed by atoms with Gasteiger partial charge in [-0.2, -0.15) is 0 Å². The third-order valence-corrected chi connectivity index (χ3v) is 4.11. The summed E-state index contributed by atoms with van der Waals surface area (Å²) >= 11 is 0. The summed E-state index contributed by atoms with van der Waals surface area (Å²) in [4.78, 5) is 22.0. The monoisotopic (exact) mass is 248 g/mol. The molecule has 3 rings (SSSR count). The molecule has 1 aromatic rings. The highest BCUT2D eigenvalue weighted by Gasteiger charge is 2.32. The van der Waals surface area contributed by atoms with E-state index in [0.29, 0.717) is 19.0 Å². The van der Waals surface area contributed by atoms with Crippen molar-refractivity contribution in [1.29, 1.82) is 0 Å². The largest absolute Gasteiger partial charge is 0.347 e. The number of likely N-dealkylation sites (tertiary alicyclic amines) is 1. The van der Waals surface area contributed by atoms with Crippen molar-refractivity contribution in [3.8, 4) is 0 Å². The van der Waals surface area contributed by atoms with Gasteiger partial charge in [0, 0.05) is 25.6 Å². The highest BCUT2D eigenvalue weighted by Crippen LogP contribution is 2.20. The van der Waals surface area contributed by atoms with E-state index >= 15 is 0 Å². The number of rotatable bonds is 1. The second-order valence-electron chi connectivity index (χ2n) is 5.34. The molecule has 0 spiro atoms. The fourth-order valence-electron chi connectivity index (χ4n) is 2.97. The van der Waals surface area contributed by atoms with Gasteiger partial charge in [0.1, 0.15) is 0 Å². The van der Waals surface area contributed by atoms with Crippen LogP contribution < -0.4 is 5.32 Å². The molecule has 2 aliphatic rings. The fourth-order valence-corrected chi connectivity index (χ4v) is 2.97. The predicted molar refractivity (Wildman–Crippen MR) is 67.9 cm³/mol. The molecule has 2 aliphatic heterocycles. The number of aromatic nitrogens is 2. The van der Waals surface area contributed by atoms with Gasteiger partial charge >= 0.3 is 0 Å². The zero-order valence-electron chi connectivity index (χ0n) is 10.8. The van der Waals surface area contributed by atoms with E-state index in [4.69, 9.17) is 0 Å². The van der Waals surface area contributed by atoms with Gasteiger partial charge in [-0.1, -0.05) is 0 Å². The number of fused-ring (bicyclic) bond motifs is 1. The first-order chi connectivity index (χ1) is 8.75. The van der Waals surface area contributed by atoms with Gasteiger partial charge in [-0.25, -0.2) is 4.98 Å². The first kappa shape index (κ1) is 11.7. The van der Waals surface area contributed by atoms with Gasteiger partial charge in [-0.05, 0) is 26.2 Å². The van der Waals surface area contributed by atoms with Crippen LogP contribution in [0.2, 0.25) is 0 Å². The molecule has 1 fully saturated rings. The van der Waals surface area contributed by atoms with Crippen LogP contribution in [0, 0.1) is 0 Å². The van der Waals surface area contributed by atoms with Gasteiger partial charge in [-0.15, -0.1) is 0 Å². The Hall–Kier alpha value is -1.36. The minimum Gasteiger partial charge on any atom is -0.347 e. The maximum Gasteiger partial charge on any atom is 0.240 e. The Morgan fingerprint density at radius 1 is 1.50 bits per heavy atom. The highest BCUT2D eigenvalue weighted by atomic mass is 16.2. The third-order valence-electron chi connectivity index (χ3n) is 4.11. The number of amides is 1. The normalized spacial score (nSPS) is 27.9. The van der Waals surface area contributed by atoms with E-state index in [0.717, 1.165) is 30.8 Å². The number of aromatic amines is 1. The molecule has 0 bridgehead atoms. The van der Waals surface area contributed by atoms with Crippen LogP contribution in [-0.2, 0) is 17.8 Å². The van der Waals surface area contributed by atoms with Gasteiger partial charge in [0.2, 0.25) is 5.91 Å². The molecule has 0 saturated carbocycles. The number of H-pyrrole nitrogens is 1. The van der Waals surface area contributed by atoms with E-state index in [-0.39, 0.29) is 11.9 Å². The second-order valence-corrected chi connectivity index (χ2v) is 5.34. The summed E-state index contributed by atoms with van der Waals surface area (Å²) in [5.74, 6) is 0.246. The predicted octanol–water partition coefficient (Wildman–Crippen LogP) is 0.825. The Bertz CT molecular complexity index is 442. The molecule has 0 aromatic carbocycles. The summed E-state index contributed by atoms with van der Waals surface area (Å²) in [7, 11) is 0. The Morgan fingerprint density at radius 3 is 3.22 bits per heavy atom. The van der Waals surface area contributed by atoms with Crippen molar-refractivity contribution in [3.63, 3.8) is 0 Å². The van der Waals surface area contributed by atoms with Gasteiger partial charge < -0.3 is 9.88 Å². The lowest BCUT2D eigenvalue weighted by Crippen LogP contribution is -2.53. The molecule has 2 unspecified atom stereocenters. The lowest BCUT2D eigenvalue weighted by Gasteiger charge is -2.36. The van der Waals surface area contributed by atoms with Gasteiger partial charge in [0.15, 0.2) is 0 Å². The molecule has 0 radical (unpaired) electrons. The zero-order chi connectivity index (χ0) is 12.5. The van der Waals surface area contributed by atoms with Crippen LogP contribution in [0.15, 0.2) is 6.33 Å². The van der Waals surface area contributed by atoms with E-state index < -0.39 is 0 Å². The molecule has 1 saturated heterocycles. The Morgan fingerprint density at radius 2 is 2.39 bits per heavy atom. The summed E-state index contributed by atoms with van der Waals surface area (Å²) in [6.07, 6.45) is 5.93. The topological polar surface area (TPSA) is 61.0 Å². The van der Waals surface area contributed by atoms with E-state index in [1.807, 2.05) is 4.90 Å². The minimum absolute atomic E-state index is 0.0960. The van der Waals surface area contributed by atoms with Crippen LogP contribution in [0.1, 0.15) is 37.6 Å². The molecule has 18 heavy (non-hydrogen) atoms. The van der Waals surface area contributed by atoms with Gasteiger partial charge in [0.05, 0.1) is 23.8 Å². The Kier molecular flexibility index (Phi) is 3.07.